The molecule has 0 radical (unpaired) electrons. The molecule has 2 saturated heterocycles. The monoisotopic (exact) mass is 297 g/mol. The number of nitriles is 1. The Kier molecular flexibility index (Phi) is 3.11. The van der Waals surface area contributed by atoms with Crippen LogP contribution < -0.4 is 4.90 Å². The number of alkyl halides is 3. The van der Waals surface area contributed by atoms with Gasteiger partial charge in [0.05, 0.1) is 24.3 Å². The van der Waals surface area contributed by atoms with E-state index in [4.69, 9.17) is 10.1 Å². The number of rotatable bonds is 2. The quantitative estimate of drug-likeness (QED) is 0.839. The van der Waals surface area contributed by atoms with Crippen LogP contribution in [0, 0.1) is 16.7 Å². The van der Waals surface area contributed by atoms with Crippen LogP contribution >= 0.6 is 0 Å². The summed E-state index contributed by atoms with van der Waals surface area (Å²) in [7, 11) is 1.62. The second-order valence-electron chi connectivity index (χ2n) is 5.68. The van der Waals surface area contributed by atoms with Gasteiger partial charge in [0, 0.05) is 37.3 Å². The van der Waals surface area contributed by atoms with Crippen molar-refractivity contribution in [3.05, 3.63) is 29.3 Å². The Balaban J connectivity index is 1.73. The van der Waals surface area contributed by atoms with E-state index in [2.05, 4.69) is 0 Å². The van der Waals surface area contributed by atoms with Crippen LogP contribution in [0.5, 0.6) is 0 Å². The second kappa shape index (κ2) is 4.61. The van der Waals surface area contributed by atoms with E-state index in [9.17, 15) is 13.2 Å². The second-order valence-corrected chi connectivity index (χ2v) is 5.68. The molecule has 0 bridgehead atoms. The number of hydrogen-bond donors (Lipinski definition) is 0. The van der Waals surface area contributed by atoms with Crippen molar-refractivity contribution >= 4 is 5.69 Å². The first-order valence-corrected chi connectivity index (χ1v) is 6.52. The van der Waals surface area contributed by atoms with Gasteiger partial charge in [-0.05, 0) is 18.2 Å². The molecule has 1 spiro atoms. The van der Waals surface area contributed by atoms with Crippen molar-refractivity contribution in [3.63, 3.8) is 0 Å². The van der Waals surface area contributed by atoms with E-state index >= 15 is 0 Å². The van der Waals surface area contributed by atoms with Crippen molar-refractivity contribution in [3.8, 4) is 6.07 Å². The van der Waals surface area contributed by atoms with Gasteiger partial charge in [0.15, 0.2) is 0 Å². The Morgan fingerprint density at radius 2 is 1.90 bits per heavy atom. The Morgan fingerprint density at radius 1 is 1.24 bits per heavy atom. The van der Waals surface area contributed by atoms with Crippen LogP contribution in [0.3, 0.4) is 0 Å². The molecule has 0 aliphatic carbocycles. The van der Waals surface area contributed by atoms with Gasteiger partial charge in [-0.1, -0.05) is 0 Å². The zero-order valence-electron chi connectivity index (χ0n) is 11.4. The van der Waals surface area contributed by atoms with E-state index in [0.29, 0.717) is 5.69 Å². The van der Waals surface area contributed by atoms with Crippen LogP contribution in [0.15, 0.2) is 18.2 Å². The van der Waals surface area contributed by atoms with Crippen molar-refractivity contribution in [2.75, 3.05) is 38.2 Å². The fourth-order valence-corrected chi connectivity index (χ4v) is 3.05. The molecule has 21 heavy (non-hydrogen) atoms. The van der Waals surface area contributed by atoms with Crippen molar-refractivity contribution in [2.45, 2.75) is 6.18 Å². The average molecular weight is 297 g/mol. The smallest absolute Gasteiger partial charge is 0.370 e. The Labute approximate surface area is 120 Å². The van der Waals surface area contributed by atoms with E-state index in [1.807, 2.05) is 9.96 Å². The summed E-state index contributed by atoms with van der Waals surface area (Å²) in [6.07, 6.45) is -4.49. The third-order valence-corrected chi connectivity index (χ3v) is 4.13. The number of nitrogens with zero attached hydrogens (tertiary/aromatic N) is 3. The summed E-state index contributed by atoms with van der Waals surface area (Å²) in [5.41, 5.74) is -0.349. The van der Waals surface area contributed by atoms with E-state index in [-0.39, 0.29) is 11.0 Å². The maximum absolute atomic E-state index is 12.7. The van der Waals surface area contributed by atoms with E-state index in [1.165, 1.54) is 12.1 Å². The minimum atomic E-state index is -4.49. The van der Waals surface area contributed by atoms with Crippen molar-refractivity contribution in [2.24, 2.45) is 5.41 Å². The highest BCUT2D eigenvalue weighted by molar-refractivity contribution is 5.57. The minimum absolute atomic E-state index is 0.186. The predicted molar refractivity (Wildman–Crippen MR) is 69.4 cm³/mol. The first-order chi connectivity index (χ1) is 9.87. The molecule has 1 aromatic carbocycles. The van der Waals surface area contributed by atoms with E-state index < -0.39 is 11.7 Å². The SMILES string of the molecule is CON1CC2(C1)CN(c1ccc(C(F)(F)F)c(C#N)c1)C2. The lowest BCUT2D eigenvalue weighted by Crippen LogP contribution is -2.71. The molecule has 0 N–H and O–H groups in total. The van der Waals surface area contributed by atoms with Gasteiger partial charge in [-0.15, -0.1) is 0 Å². The van der Waals surface area contributed by atoms with Crippen molar-refractivity contribution in [1.29, 1.82) is 5.26 Å². The van der Waals surface area contributed by atoms with Crippen LogP contribution in [-0.2, 0) is 11.0 Å². The maximum Gasteiger partial charge on any atom is 0.417 e. The zero-order chi connectivity index (χ0) is 15.3. The molecule has 0 atom stereocenters. The molecule has 2 fully saturated rings. The fraction of sp³-hybridized carbons (Fsp3) is 0.500. The summed E-state index contributed by atoms with van der Waals surface area (Å²) in [5, 5.41) is 10.8. The molecule has 0 saturated carbocycles. The van der Waals surface area contributed by atoms with Gasteiger partial charge < -0.3 is 9.74 Å². The average Bonchev–Trinajstić information content (AvgIpc) is 2.34. The van der Waals surface area contributed by atoms with Gasteiger partial charge in [-0.3, -0.25) is 0 Å². The molecule has 2 heterocycles. The van der Waals surface area contributed by atoms with Crippen molar-refractivity contribution in [1.82, 2.24) is 5.06 Å². The van der Waals surface area contributed by atoms with Gasteiger partial charge in [0.2, 0.25) is 0 Å². The number of hydrogen-bond acceptors (Lipinski definition) is 4. The molecule has 2 aliphatic heterocycles. The van der Waals surface area contributed by atoms with Gasteiger partial charge in [-0.2, -0.15) is 23.5 Å². The molecular formula is C14H14F3N3O. The summed E-state index contributed by atoms with van der Waals surface area (Å²) in [6.45, 7) is 3.24. The molecule has 4 nitrogen and oxygen atoms in total. The Bertz CT molecular complexity index is 594. The molecule has 2 aliphatic rings. The lowest BCUT2D eigenvalue weighted by atomic mass is 9.74. The summed E-state index contributed by atoms with van der Waals surface area (Å²) < 4.78 is 38.2. The maximum atomic E-state index is 12.7. The van der Waals surface area contributed by atoms with Gasteiger partial charge >= 0.3 is 6.18 Å². The fourth-order valence-electron chi connectivity index (χ4n) is 3.05. The number of halogens is 3. The van der Waals surface area contributed by atoms with Crippen molar-refractivity contribution < 1.29 is 18.0 Å². The number of anilines is 1. The molecule has 7 heteroatoms. The summed E-state index contributed by atoms with van der Waals surface area (Å²) in [4.78, 5) is 7.09. The van der Waals surface area contributed by atoms with Crippen LogP contribution in [0.4, 0.5) is 18.9 Å². The molecule has 1 aromatic rings. The highest BCUT2D eigenvalue weighted by Gasteiger charge is 2.52. The van der Waals surface area contributed by atoms with E-state index in [0.717, 1.165) is 32.2 Å². The normalized spacial score (nSPS) is 20.8. The molecule has 0 amide bonds. The zero-order valence-corrected chi connectivity index (χ0v) is 11.4. The largest absolute Gasteiger partial charge is 0.417 e. The molecular weight excluding hydrogens is 283 g/mol. The van der Waals surface area contributed by atoms with Crippen LogP contribution in [0.2, 0.25) is 0 Å². The molecule has 0 aromatic heterocycles. The summed E-state index contributed by atoms with van der Waals surface area (Å²) >= 11 is 0. The van der Waals surface area contributed by atoms with Gasteiger partial charge in [-0.25, -0.2) is 0 Å². The lowest BCUT2D eigenvalue weighted by Gasteiger charge is -2.60. The van der Waals surface area contributed by atoms with Gasteiger partial charge in [0.25, 0.3) is 0 Å². The molecule has 112 valence electrons. The highest BCUT2D eigenvalue weighted by atomic mass is 19.4. The topological polar surface area (TPSA) is 39.5 Å². The number of benzene rings is 1. The highest BCUT2D eigenvalue weighted by Crippen LogP contribution is 2.42. The van der Waals surface area contributed by atoms with Crippen LogP contribution in [0.1, 0.15) is 11.1 Å². The lowest BCUT2D eigenvalue weighted by molar-refractivity contribution is -0.237. The summed E-state index contributed by atoms with van der Waals surface area (Å²) in [5.74, 6) is 0. The third kappa shape index (κ3) is 2.34. The van der Waals surface area contributed by atoms with Crippen LogP contribution in [-0.4, -0.2) is 38.4 Å². The predicted octanol–water partition coefficient (Wildman–Crippen LogP) is 2.26. The molecule has 3 rings (SSSR count). The Hall–Kier alpha value is -1.78. The third-order valence-electron chi connectivity index (χ3n) is 4.13. The number of hydroxylamine groups is 2. The van der Waals surface area contributed by atoms with E-state index in [1.54, 1.807) is 13.2 Å². The van der Waals surface area contributed by atoms with Crippen LogP contribution in [0.25, 0.3) is 0 Å². The summed E-state index contributed by atoms with van der Waals surface area (Å²) in [6, 6.07) is 5.38. The standard InChI is InChI=1S/C14H14F3N3O/c1-21-20-8-13(9-20)6-19(7-13)11-2-3-12(14(15,16)17)10(4-11)5-18/h2-4H,6-9H2,1H3. The molecule has 0 unspecified atom stereocenters. The minimum Gasteiger partial charge on any atom is -0.370 e. The Morgan fingerprint density at radius 3 is 2.43 bits per heavy atom. The van der Waals surface area contributed by atoms with Gasteiger partial charge in [0.1, 0.15) is 0 Å². The first kappa shape index (κ1) is 14.2. The first-order valence-electron chi connectivity index (χ1n) is 6.52.